The number of nitrogens with one attached hydrogen (secondary N) is 2. The first kappa shape index (κ1) is 12.4. The van der Waals surface area contributed by atoms with Crippen LogP contribution in [0.5, 0.6) is 0 Å². The summed E-state index contributed by atoms with van der Waals surface area (Å²) in [4.78, 5) is 13.6. The van der Waals surface area contributed by atoms with E-state index in [0.29, 0.717) is 0 Å². The lowest BCUT2D eigenvalue weighted by Gasteiger charge is -2.39. The van der Waals surface area contributed by atoms with E-state index < -0.39 is 0 Å². The molecule has 1 aliphatic rings. The van der Waals surface area contributed by atoms with Gasteiger partial charge in [0.05, 0.1) is 6.61 Å². The first-order valence-corrected chi connectivity index (χ1v) is 6.13. The lowest BCUT2D eigenvalue weighted by atomic mass is 9.79. The lowest BCUT2D eigenvalue weighted by Crippen LogP contribution is -2.45. The molecule has 0 radical (unpaired) electrons. The van der Waals surface area contributed by atoms with E-state index in [0.717, 1.165) is 44.8 Å². The highest BCUT2D eigenvalue weighted by molar-refractivity contribution is 5.15. The monoisotopic (exact) mass is 239 g/mol. The van der Waals surface area contributed by atoms with Crippen LogP contribution in [0.3, 0.4) is 0 Å². The van der Waals surface area contributed by atoms with E-state index in [4.69, 9.17) is 4.74 Å². The standard InChI is InChI=1S/C12H21N3O2/c1-12(10-8-11(16)14-13-10)4-3-5-15(9-12)6-7-17-2/h8H,3-7,9H2,1-2H3,(H2,13,14,16). The Morgan fingerprint density at radius 2 is 2.35 bits per heavy atom. The molecule has 0 aromatic carbocycles. The Labute approximate surface area is 101 Å². The van der Waals surface area contributed by atoms with Crippen LogP contribution in [0.1, 0.15) is 25.5 Å². The van der Waals surface area contributed by atoms with Crippen LogP contribution in [0, 0.1) is 0 Å². The topological polar surface area (TPSA) is 61.1 Å². The number of rotatable bonds is 4. The van der Waals surface area contributed by atoms with Crippen LogP contribution in [0.2, 0.25) is 0 Å². The van der Waals surface area contributed by atoms with Crippen molar-refractivity contribution < 1.29 is 4.74 Å². The molecule has 0 saturated carbocycles. The predicted molar refractivity (Wildman–Crippen MR) is 66.3 cm³/mol. The molecule has 0 bridgehead atoms. The molecule has 2 heterocycles. The largest absolute Gasteiger partial charge is 0.383 e. The summed E-state index contributed by atoms with van der Waals surface area (Å²) in [7, 11) is 1.73. The number of hydrogen-bond donors (Lipinski definition) is 2. The number of aromatic nitrogens is 2. The molecule has 0 spiro atoms. The Kier molecular flexibility index (Phi) is 3.69. The third-order valence-electron chi connectivity index (χ3n) is 3.63. The minimum atomic E-state index is -0.0461. The fourth-order valence-electron chi connectivity index (χ4n) is 2.63. The number of H-pyrrole nitrogens is 2. The molecule has 0 amide bonds. The van der Waals surface area contributed by atoms with E-state index in [-0.39, 0.29) is 11.0 Å². The van der Waals surface area contributed by atoms with Gasteiger partial charge in [-0.3, -0.25) is 9.89 Å². The molecule has 1 aliphatic heterocycles. The van der Waals surface area contributed by atoms with Gasteiger partial charge < -0.3 is 14.7 Å². The maximum Gasteiger partial charge on any atom is 0.264 e. The summed E-state index contributed by atoms with van der Waals surface area (Å²) in [5.41, 5.74) is 1.02. The van der Waals surface area contributed by atoms with Crippen molar-refractivity contribution in [2.75, 3.05) is 33.4 Å². The number of likely N-dealkylation sites (tertiary alicyclic amines) is 1. The van der Waals surface area contributed by atoms with Gasteiger partial charge in [0.1, 0.15) is 0 Å². The molecular weight excluding hydrogens is 218 g/mol. The van der Waals surface area contributed by atoms with E-state index in [9.17, 15) is 4.79 Å². The van der Waals surface area contributed by atoms with Gasteiger partial charge >= 0.3 is 0 Å². The average molecular weight is 239 g/mol. The van der Waals surface area contributed by atoms with Crippen molar-refractivity contribution in [3.05, 3.63) is 22.1 Å². The van der Waals surface area contributed by atoms with Crippen molar-refractivity contribution in [3.63, 3.8) is 0 Å². The van der Waals surface area contributed by atoms with Crippen molar-refractivity contribution >= 4 is 0 Å². The highest BCUT2D eigenvalue weighted by atomic mass is 16.5. The predicted octanol–water partition coefficient (Wildman–Crippen LogP) is 0.703. The van der Waals surface area contributed by atoms with E-state index in [1.165, 1.54) is 0 Å². The Morgan fingerprint density at radius 3 is 3.00 bits per heavy atom. The van der Waals surface area contributed by atoms with E-state index in [1.54, 1.807) is 13.2 Å². The fourth-order valence-corrected chi connectivity index (χ4v) is 2.63. The highest BCUT2D eigenvalue weighted by Crippen LogP contribution is 2.31. The average Bonchev–Trinajstić information content (AvgIpc) is 2.74. The molecule has 1 fully saturated rings. The third kappa shape index (κ3) is 2.79. The van der Waals surface area contributed by atoms with Crippen molar-refractivity contribution in [2.24, 2.45) is 0 Å². The van der Waals surface area contributed by atoms with Gasteiger partial charge in [-0.25, -0.2) is 0 Å². The van der Waals surface area contributed by atoms with Crippen LogP contribution in [-0.4, -0.2) is 48.4 Å². The van der Waals surface area contributed by atoms with Gasteiger partial charge in [-0.1, -0.05) is 6.92 Å². The summed E-state index contributed by atoms with van der Waals surface area (Å²) in [5.74, 6) is 0. The fraction of sp³-hybridized carbons (Fsp3) is 0.750. The van der Waals surface area contributed by atoms with E-state index in [1.807, 2.05) is 0 Å². The summed E-state index contributed by atoms with van der Waals surface area (Å²) in [6.07, 6.45) is 2.28. The molecule has 17 heavy (non-hydrogen) atoms. The molecule has 2 N–H and O–H groups in total. The minimum Gasteiger partial charge on any atom is -0.383 e. The number of piperidine rings is 1. The molecule has 5 nitrogen and oxygen atoms in total. The molecule has 1 saturated heterocycles. The van der Waals surface area contributed by atoms with Crippen LogP contribution >= 0.6 is 0 Å². The molecule has 1 atom stereocenters. The van der Waals surface area contributed by atoms with E-state index in [2.05, 4.69) is 22.0 Å². The molecule has 5 heteroatoms. The third-order valence-corrected chi connectivity index (χ3v) is 3.63. The Hall–Kier alpha value is -1.07. The zero-order valence-electron chi connectivity index (χ0n) is 10.6. The van der Waals surface area contributed by atoms with Crippen LogP contribution in [0.4, 0.5) is 0 Å². The van der Waals surface area contributed by atoms with Crippen LogP contribution < -0.4 is 5.56 Å². The van der Waals surface area contributed by atoms with Crippen LogP contribution in [0.25, 0.3) is 0 Å². The highest BCUT2D eigenvalue weighted by Gasteiger charge is 2.33. The van der Waals surface area contributed by atoms with Crippen molar-refractivity contribution in [2.45, 2.75) is 25.2 Å². The van der Waals surface area contributed by atoms with Crippen molar-refractivity contribution in [1.82, 2.24) is 15.1 Å². The summed E-state index contributed by atoms with van der Waals surface area (Å²) in [5, 5.41) is 5.62. The summed E-state index contributed by atoms with van der Waals surface area (Å²) < 4.78 is 5.12. The second-order valence-electron chi connectivity index (χ2n) is 5.11. The summed E-state index contributed by atoms with van der Waals surface area (Å²) in [6, 6.07) is 1.68. The number of nitrogens with zero attached hydrogens (tertiary/aromatic N) is 1. The zero-order valence-corrected chi connectivity index (χ0v) is 10.6. The van der Waals surface area contributed by atoms with Gasteiger partial charge in [0.2, 0.25) is 0 Å². The zero-order chi connectivity index (χ0) is 12.3. The molecule has 2 rings (SSSR count). The Balaban J connectivity index is 2.06. The van der Waals surface area contributed by atoms with Gasteiger partial charge in [0, 0.05) is 37.4 Å². The van der Waals surface area contributed by atoms with Gasteiger partial charge in [-0.15, -0.1) is 0 Å². The summed E-state index contributed by atoms with van der Waals surface area (Å²) in [6.45, 7) is 6.03. The lowest BCUT2D eigenvalue weighted by molar-refractivity contribution is 0.105. The number of aromatic amines is 2. The SMILES string of the molecule is COCCN1CCCC(C)(c2cc(=O)[nH][nH]2)C1. The summed E-state index contributed by atoms with van der Waals surface area (Å²) >= 11 is 0. The molecule has 96 valence electrons. The van der Waals surface area contributed by atoms with Crippen molar-refractivity contribution in [3.8, 4) is 0 Å². The normalized spacial score (nSPS) is 26.2. The minimum absolute atomic E-state index is 0.0461. The molecule has 1 aromatic rings. The quantitative estimate of drug-likeness (QED) is 0.813. The Bertz CT molecular complexity index is 412. The van der Waals surface area contributed by atoms with Crippen LogP contribution in [-0.2, 0) is 10.2 Å². The molecular formula is C12H21N3O2. The van der Waals surface area contributed by atoms with Gasteiger partial charge in [-0.2, -0.15) is 0 Å². The first-order valence-electron chi connectivity index (χ1n) is 6.13. The van der Waals surface area contributed by atoms with Gasteiger partial charge in [0.25, 0.3) is 5.56 Å². The van der Waals surface area contributed by atoms with Crippen LogP contribution in [0.15, 0.2) is 10.9 Å². The first-order chi connectivity index (χ1) is 8.14. The smallest absolute Gasteiger partial charge is 0.264 e. The number of hydrogen-bond acceptors (Lipinski definition) is 3. The van der Waals surface area contributed by atoms with E-state index >= 15 is 0 Å². The molecule has 0 aliphatic carbocycles. The second-order valence-corrected chi connectivity index (χ2v) is 5.11. The Morgan fingerprint density at radius 1 is 1.53 bits per heavy atom. The number of methoxy groups -OCH3 is 1. The molecule has 1 aromatic heterocycles. The van der Waals surface area contributed by atoms with Gasteiger partial charge in [-0.05, 0) is 19.4 Å². The maximum absolute atomic E-state index is 11.2. The molecule has 1 unspecified atom stereocenters. The maximum atomic E-state index is 11.2. The second kappa shape index (κ2) is 5.06. The van der Waals surface area contributed by atoms with Crippen molar-refractivity contribution in [1.29, 1.82) is 0 Å². The van der Waals surface area contributed by atoms with Gasteiger partial charge in [0.15, 0.2) is 0 Å². The number of ether oxygens (including phenoxy) is 1.